The molecule has 0 fully saturated rings. The molecule has 0 aliphatic heterocycles. The number of fused-ring (bicyclic) bond motifs is 1. The van der Waals surface area contributed by atoms with Gasteiger partial charge >= 0.3 is 0 Å². The number of ether oxygens (including phenoxy) is 1. The van der Waals surface area contributed by atoms with Crippen molar-refractivity contribution >= 4 is 0 Å². The highest BCUT2D eigenvalue weighted by atomic mass is 16.5. The average molecular weight is 257 g/mol. The fraction of sp³-hybridized carbons (Fsp3) is 0.400. The Morgan fingerprint density at radius 3 is 3.00 bits per heavy atom. The zero-order chi connectivity index (χ0) is 13.2. The molecular weight excluding hydrogens is 238 g/mol. The molecule has 0 spiro atoms. The molecule has 1 aromatic carbocycles. The number of likely N-dealkylation sites (N-methyl/N-ethyl adjacent to an activating group) is 1. The van der Waals surface area contributed by atoms with Crippen LogP contribution in [0.4, 0.5) is 0 Å². The lowest BCUT2D eigenvalue weighted by Crippen LogP contribution is -2.31. The second-order valence-corrected chi connectivity index (χ2v) is 4.95. The standard InChI is InChI=1S/C15H19N3O/c1-16-15-13-9-12(19-2)5-3-11(13)4-6-14(15)18-8-7-17-10-18/h3,5,7-10,14-16H,4,6H2,1-2H3. The third-order valence-electron chi connectivity index (χ3n) is 4.00. The number of methoxy groups -OCH3 is 1. The van der Waals surface area contributed by atoms with Crippen molar-refractivity contribution in [2.45, 2.75) is 24.9 Å². The van der Waals surface area contributed by atoms with Gasteiger partial charge in [0.15, 0.2) is 0 Å². The second kappa shape index (κ2) is 5.05. The molecule has 19 heavy (non-hydrogen) atoms. The Hall–Kier alpha value is -1.81. The summed E-state index contributed by atoms with van der Waals surface area (Å²) in [6.45, 7) is 0. The van der Waals surface area contributed by atoms with E-state index in [4.69, 9.17) is 4.74 Å². The van der Waals surface area contributed by atoms with Crippen LogP contribution in [0.5, 0.6) is 5.75 Å². The molecule has 1 N–H and O–H groups in total. The minimum Gasteiger partial charge on any atom is -0.497 e. The molecule has 1 aliphatic rings. The summed E-state index contributed by atoms with van der Waals surface area (Å²) in [6.07, 6.45) is 8.01. The second-order valence-electron chi connectivity index (χ2n) is 4.95. The predicted molar refractivity (Wildman–Crippen MR) is 74.4 cm³/mol. The van der Waals surface area contributed by atoms with E-state index in [-0.39, 0.29) is 0 Å². The Morgan fingerprint density at radius 2 is 2.32 bits per heavy atom. The molecule has 100 valence electrons. The van der Waals surface area contributed by atoms with Crippen molar-refractivity contribution in [3.05, 3.63) is 48.0 Å². The van der Waals surface area contributed by atoms with Crippen molar-refractivity contribution in [3.63, 3.8) is 0 Å². The van der Waals surface area contributed by atoms with Crippen molar-refractivity contribution < 1.29 is 4.74 Å². The van der Waals surface area contributed by atoms with Crippen LogP contribution in [-0.2, 0) is 6.42 Å². The number of hydrogen-bond acceptors (Lipinski definition) is 3. The summed E-state index contributed by atoms with van der Waals surface area (Å²) in [6, 6.07) is 7.09. The summed E-state index contributed by atoms with van der Waals surface area (Å²) in [7, 11) is 3.73. The molecule has 0 saturated carbocycles. The van der Waals surface area contributed by atoms with E-state index in [1.807, 2.05) is 31.8 Å². The van der Waals surface area contributed by atoms with Crippen LogP contribution in [0.25, 0.3) is 0 Å². The molecule has 2 atom stereocenters. The summed E-state index contributed by atoms with van der Waals surface area (Å²) in [4.78, 5) is 4.17. The van der Waals surface area contributed by atoms with E-state index in [0.717, 1.165) is 18.6 Å². The van der Waals surface area contributed by atoms with Gasteiger partial charge in [0.2, 0.25) is 0 Å². The van der Waals surface area contributed by atoms with E-state index in [2.05, 4.69) is 27.0 Å². The molecule has 0 saturated heterocycles. The highest BCUT2D eigenvalue weighted by Gasteiger charge is 2.29. The third-order valence-corrected chi connectivity index (χ3v) is 4.00. The van der Waals surface area contributed by atoms with E-state index in [0.29, 0.717) is 12.1 Å². The summed E-state index contributed by atoms with van der Waals surface area (Å²) in [5, 5.41) is 3.45. The Kier molecular flexibility index (Phi) is 3.25. The fourth-order valence-corrected chi connectivity index (χ4v) is 3.03. The van der Waals surface area contributed by atoms with Gasteiger partial charge in [-0.2, -0.15) is 0 Å². The van der Waals surface area contributed by atoms with Crippen LogP contribution < -0.4 is 10.1 Å². The van der Waals surface area contributed by atoms with Crippen LogP contribution in [0.3, 0.4) is 0 Å². The first kappa shape index (κ1) is 12.2. The molecule has 1 aromatic heterocycles. The number of benzene rings is 1. The van der Waals surface area contributed by atoms with Gasteiger partial charge in [-0.15, -0.1) is 0 Å². The van der Waals surface area contributed by atoms with E-state index in [1.54, 1.807) is 7.11 Å². The molecule has 3 rings (SSSR count). The maximum Gasteiger partial charge on any atom is 0.119 e. The molecule has 1 heterocycles. The lowest BCUT2D eigenvalue weighted by Gasteiger charge is -2.34. The molecule has 2 unspecified atom stereocenters. The minimum absolute atomic E-state index is 0.299. The lowest BCUT2D eigenvalue weighted by molar-refractivity contribution is 0.330. The van der Waals surface area contributed by atoms with Crippen LogP contribution >= 0.6 is 0 Å². The molecule has 0 bridgehead atoms. The van der Waals surface area contributed by atoms with Gasteiger partial charge in [0, 0.05) is 12.4 Å². The Bertz CT molecular complexity index is 551. The van der Waals surface area contributed by atoms with Gasteiger partial charge in [-0.05, 0) is 43.1 Å². The van der Waals surface area contributed by atoms with E-state index in [9.17, 15) is 0 Å². The zero-order valence-electron chi connectivity index (χ0n) is 11.3. The monoisotopic (exact) mass is 257 g/mol. The van der Waals surface area contributed by atoms with Gasteiger partial charge in [0.1, 0.15) is 5.75 Å². The smallest absolute Gasteiger partial charge is 0.119 e. The van der Waals surface area contributed by atoms with Crippen molar-refractivity contribution in [3.8, 4) is 5.75 Å². The molecule has 0 amide bonds. The van der Waals surface area contributed by atoms with Gasteiger partial charge in [0.05, 0.1) is 25.5 Å². The lowest BCUT2D eigenvalue weighted by atomic mass is 9.84. The van der Waals surface area contributed by atoms with E-state index in [1.165, 1.54) is 11.1 Å². The van der Waals surface area contributed by atoms with Crippen molar-refractivity contribution in [1.29, 1.82) is 0 Å². The number of rotatable bonds is 3. The average Bonchev–Trinajstić information content (AvgIpc) is 2.99. The number of nitrogens with zero attached hydrogens (tertiary/aromatic N) is 2. The minimum atomic E-state index is 0.299. The van der Waals surface area contributed by atoms with Crippen LogP contribution in [0.1, 0.15) is 29.6 Å². The van der Waals surface area contributed by atoms with E-state index < -0.39 is 0 Å². The van der Waals surface area contributed by atoms with Crippen LogP contribution in [-0.4, -0.2) is 23.7 Å². The first-order valence-electron chi connectivity index (χ1n) is 6.65. The normalized spacial score (nSPS) is 22.0. The van der Waals surface area contributed by atoms with Crippen molar-refractivity contribution in [2.24, 2.45) is 0 Å². The van der Waals surface area contributed by atoms with Gasteiger partial charge in [0.25, 0.3) is 0 Å². The summed E-state index contributed by atoms with van der Waals surface area (Å²) in [5.41, 5.74) is 2.75. The van der Waals surface area contributed by atoms with E-state index >= 15 is 0 Å². The predicted octanol–water partition coefficient (Wildman–Crippen LogP) is 2.34. The Morgan fingerprint density at radius 1 is 1.42 bits per heavy atom. The zero-order valence-corrected chi connectivity index (χ0v) is 11.3. The topological polar surface area (TPSA) is 39.1 Å². The van der Waals surface area contributed by atoms with Crippen LogP contribution in [0.2, 0.25) is 0 Å². The summed E-state index contributed by atoms with van der Waals surface area (Å²) in [5.74, 6) is 0.922. The summed E-state index contributed by atoms with van der Waals surface area (Å²) >= 11 is 0. The highest BCUT2D eigenvalue weighted by molar-refractivity contribution is 5.40. The van der Waals surface area contributed by atoms with Gasteiger partial charge in [-0.3, -0.25) is 0 Å². The molecule has 2 aromatic rings. The first-order valence-corrected chi connectivity index (χ1v) is 6.65. The summed E-state index contributed by atoms with van der Waals surface area (Å²) < 4.78 is 7.55. The van der Waals surface area contributed by atoms with Crippen molar-refractivity contribution in [1.82, 2.24) is 14.9 Å². The first-order chi connectivity index (χ1) is 9.33. The number of hydrogen-bond donors (Lipinski definition) is 1. The van der Waals surface area contributed by atoms with Crippen molar-refractivity contribution in [2.75, 3.05) is 14.2 Å². The van der Waals surface area contributed by atoms with Gasteiger partial charge < -0.3 is 14.6 Å². The fourth-order valence-electron chi connectivity index (χ4n) is 3.03. The Labute approximate surface area is 113 Å². The Balaban J connectivity index is 2.01. The number of nitrogens with one attached hydrogen (secondary N) is 1. The SMILES string of the molecule is CNC1c2cc(OC)ccc2CCC1n1ccnc1. The maximum absolute atomic E-state index is 5.35. The molecule has 0 radical (unpaired) electrons. The van der Waals surface area contributed by atoms with Gasteiger partial charge in [-0.1, -0.05) is 6.07 Å². The number of imidazole rings is 1. The van der Waals surface area contributed by atoms with Gasteiger partial charge in [-0.25, -0.2) is 4.98 Å². The highest BCUT2D eigenvalue weighted by Crippen LogP contribution is 2.38. The quantitative estimate of drug-likeness (QED) is 0.917. The number of aryl methyl sites for hydroxylation is 1. The van der Waals surface area contributed by atoms with Crippen LogP contribution in [0, 0.1) is 0 Å². The van der Waals surface area contributed by atoms with Crippen LogP contribution in [0.15, 0.2) is 36.9 Å². The third kappa shape index (κ3) is 2.12. The molecule has 4 nitrogen and oxygen atoms in total. The molecular formula is C15H19N3O. The number of aromatic nitrogens is 2. The maximum atomic E-state index is 5.35. The molecule has 4 heteroatoms. The largest absolute Gasteiger partial charge is 0.497 e. The molecule has 1 aliphatic carbocycles.